The Bertz CT molecular complexity index is 844. The first kappa shape index (κ1) is 14.5. The van der Waals surface area contributed by atoms with E-state index >= 15 is 0 Å². The normalized spacial score (nSPS) is 15.6. The highest BCUT2D eigenvalue weighted by Gasteiger charge is 2.26. The molecule has 1 N–H and O–H groups in total. The Balaban J connectivity index is 1.47. The zero-order chi connectivity index (χ0) is 16.4. The molecule has 4 rings (SSSR count). The molecule has 0 radical (unpaired) electrons. The van der Waals surface area contributed by atoms with Gasteiger partial charge in [0.1, 0.15) is 18.1 Å². The highest BCUT2D eigenvalue weighted by molar-refractivity contribution is 5.93. The third-order valence-corrected chi connectivity index (χ3v) is 4.07. The molecule has 5 nitrogen and oxygen atoms in total. The average Bonchev–Trinajstić information content (AvgIpc) is 3.29. The van der Waals surface area contributed by atoms with Crippen molar-refractivity contribution < 1.29 is 13.9 Å². The van der Waals surface area contributed by atoms with Crippen LogP contribution in [-0.2, 0) is 6.42 Å². The van der Waals surface area contributed by atoms with Gasteiger partial charge in [0, 0.05) is 29.9 Å². The second-order valence-corrected chi connectivity index (χ2v) is 5.70. The van der Waals surface area contributed by atoms with Crippen molar-refractivity contribution >= 4 is 5.91 Å². The minimum atomic E-state index is -0.157. The topological polar surface area (TPSA) is 64.4 Å². The summed E-state index contributed by atoms with van der Waals surface area (Å²) in [5.74, 6) is 0.726. The van der Waals surface area contributed by atoms with Crippen LogP contribution in [0.15, 0.2) is 65.7 Å². The van der Waals surface area contributed by atoms with Gasteiger partial charge in [-0.1, -0.05) is 24.3 Å². The molecule has 1 amide bonds. The van der Waals surface area contributed by atoms with E-state index in [-0.39, 0.29) is 12.0 Å². The summed E-state index contributed by atoms with van der Waals surface area (Å²) in [6.45, 7) is 0.450. The van der Waals surface area contributed by atoms with Crippen LogP contribution in [0.4, 0.5) is 0 Å². The number of benzene rings is 1. The molecule has 5 heteroatoms. The minimum absolute atomic E-state index is 0.0753. The number of furan rings is 1. The van der Waals surface area contributed by atoms with Gasteiger partial charge in [-0.2, -0.15) is 0 Å². The van der Waals surface area contributed by atoms with Crippen LogP contribution in [0.2, 0.25) is 0 Å². The highest BCUT2D eigenvalue weighted by Crippen LogP contribution is 2.38. The van der Waals surface area contributed by atoms with Crippen molar-refractivity contribution in [2.24, 2.45) is 0 Å². The van der Waals surface area contributed by atoms with Crippen LogP contribution in [0.3, 0.4) is 0 Å². The molecular formula is C19H16N2O3. The maximum Gasteiger partial charge on any atom is 0.254 e. The Morgan fingerprint density at radius 1 is 1.25 bits per heavy atom. The second-order valence-electron chi connectivity index (χ2n) is 5.70. The Kier molecular flexibility index (Phi) is 3.75. The first-order valence-corrected chi connectivity index (χ1v) is 7.80. The molecule has 1 aromatic carbocycles. The SMILES string of the molecule is O=C(NCC1Cc2cccc(-c3cccnc3)c2O1)c1ccoc1. The largest absolute Gasteiger partial charge is 0.487 e. The number of pyridine rings is 1. The molecule has 1 aliphatic heterocycles. The summed E-state index contributed by atoms with van der Waals surface area (Å²) in [5, 5.41) is 2.88. The van der Waals surface area contributed by atoms with Gasteiger partial charge < -0.3 is 14.5 Å². The lowest BCUT2D eigenvalue weighted by Crippen LogP contribution is -2.34. The van der Waals surface area contributed by atoms with Crippen molar-refractivity contribution in [2.45, 2.75) is 12.5 Å². The Morgan fingerprint density at radius 2 is 2.21 bits per heavy atom. The monoisotopic (exact) mass is 320 g/mol. The van der Waals surface area contributed by atoms with E-state index in [1.807, 2.05) is 30.5 Å². The summed E-state index contributed by atoms with van der Waals surface area (Å²) in [4.78, 5) is 16.2. The van der Waals surface area contributed by atoms with Gasteiger partial charge in [-0.05, 0) is 17.7 Å². The quantitative estimate of drug-likeness (QED) is 0.802. The Hall–Kier alpha value is -3.08. The number of para-hydroxylation sites is 1. The zero-order valence-corrected chi connectivity index (χ0v) is 12.9. The van der Waals surface area contributed by atoms with E-state index in [1.54, 1.807) is 12.3 Å². The molecule has 1 aliphatic rings. The van der Waals surface area contributed by atoms with Crippen molar-refractivity contribution in [2.75, 3.05) is 6.54 Å². The van der Waals surface area contributed by atoms with Crippen LogP contribution in [0.5, 0.6) is 5.75 Å². The van der Waals surface area contributed by atoms with Crippen LogP contribution >= 0.6 is 0 Å². The van der Waals surface area contributed by atoms with Crippen molar-refractivity contribution in [3.05, 3.63) is 72.4 Å². The third-order valence-electron chi connectivity index (χ3n) is 4.07. The maximum absolute atomic E-state index is 12.0. The number of amides is 1. The molecule has 1 unspecified atom stereocenters. The second kappa shape index (κ2) is 6.20. The number of rotatable bonds is 4. The molecule has 1 atom stereocenters. The fraction of sp³-hybridized carbons (Fsp3) is 0.158. The van der Waals surface area contributed by atoms with Gasteiger partial charge in [0.05, 0.1) is 18.4 Å². The molecule has 0 bridgehead atoms. The molecule has 0 aliphatic carbocycles. The number of hydrogen-bond donors (Lipinski definition) is 1. The summed E-state index contributed by atoms with van der Waals surface area (Å²) in [7, 11) is 0. The van der Waals surface area contributed by atoms with E-state index in [9.17, 15) is 4.79 Å². The molecule has 0 saturated heterocycles. The van der Waals surface area contributed by atoms with Gasteiger partial charge in [-0.3, -0.25) is 9.78 Å². The van der Waals surface area contributed by atoms with Crippen molar-refractivity contribution in [1.29, 1.82) is 0 Å². The lowest BCUT2D eigenvalue weighted by Gasteiger charge is -2.13. The molecular weight excluding hydrogens is 304 g/mol. The molecule has 0 spiro atoms. The Labute approximate surface area is 139 Å². The number of carbonyl (C=O) groups is 1. The van der Waals surface area contributed by atoms with E-state index in [2.05, 4.69) is 16.4 Å². The van der Waals surface area contributed by atoms with Crippen LogP contribution in [-0.4, -0.2) is 23.5 Å². The van der Waals surface area contributed by atoms with E-state index in [1.165, 1.54) is 12.5 Å². The summed E-state index contributed by atoms with van der Waals surface area (Å²) in [6, 6.07) is 11.7. The predicted octanol–water partition coefficient (Wildman–Crippen LogP) is 3.08. The van der Waals surface area contributed by atoms with Crippen molar-refractivity contribution in [3.8, 4) is 16.9 Å². The number of carbonyl (C=O) groups excluding carboxylic acids is 1. The van der Waals surface area contributed by atoms with Crippen molar-refractivity contribution in [1.82, 2.24) is 10.3 Å². The van der Waals surface area contributed by atoms with E-state index in [4.69, 9.17) is 9.15 Å². The summed E-state index contributed by atoms with van der Waals surface area (Å²) < 4.78 is 11.0. The number of ether oxygens (including phenoxy) is 1. The van der Waals surface area contributed by atoms with Gasteiger partial charge in [0.2, 0.25) is 0 Å². The lowest BCUT2D eigenvalue weighted by molar-refractivity contribution is 0.0933. The van der Waals surface area contributed by atoms with Crippen LogP contribution in [0.25, 0.3) is 11.1 Å². The van der Waals surface area contributed by atoms with E-state index in [0.29, 0.717) is 12.1 Å². The van der Waals surface area contributed by atoms with Crippen molar-refractivity contribution in [3.63, 3.8) is 0 Å². The number of nitrogens with zero attached hydrogens (tertiary/aromatic N) is 1. The molecule has 3 aromatic rings. The smallest absolute Gasteiger partial charge is 0.254 e. The molecule has 3 heterocycles. The molecule has 2 aromatic heterocycles. The summed E-state index contributed by atoms with van der Waals surface area (Å²) in [5.41, 5.74) is 3.72. The number of hydrogen-bond acceptors (Lipinski definition) is 4. The van der Waals surface area contributed by atoms with Crippen LogP contribution in [0, 0.1) is 0 Å². The first-order valence-electron chi connectivity index (χ1n) is 7.80. The average molecular weight is 320 g/mol. The lowest BCUT2D eigenvalue weighted by atomic mass is 10.0. The standard InChI is InChI=1S/C19H16N2O3/c22-19(15-6-8-23-12-15)21-11-16-9-13-3-1-5-17(18(13)24-16)14-4-2-7-20-10-14/h1-8,10,12,16H,9,11H2,(H,21,22). The van der Waals surface area contributed by atoms with Gasteiger partial charge in [-0.15, -0.1) is 0 Å². The van der Waals surface area contributed by atoms with E-state index < -0.39 is 0 Å². The van der Waals surface area contributed by atoms with Gasteiger partial charge in [-0.25, -0.2) is 0 Å². The zero-order valence-electron chi connectivity index (χ0n) is 12.9. The van der Waals surface area contributed by atoms with Gasteiger partial charge >= 0.3 is 0 Å². The fourth-order valence-corrected chi connectivity index (χ4v) is 2.90. The highest BCUT2D eigenvalue weighted by atomic mass is 16.5. The Morgan fingerprint density at radius 3 is 3.00 bits per heavy atom. The molecule has 0 saturated carbocycles. The summed E-state index contributed by atoms with van der Waals surface area (Å²) in [6.07, 6.45) is 7.19. The first-order chi connectivity index (χ1) is 11.8. The molecule has 120 valence electrons. The predicted molar refractivity (Wildman–Crippen MR) is 88.8 cm³/mol. The maximum atomic E-state index is 12.0. The molecule has 24 heavy (non-hydrogen) atoms. The number of nitrogens with one attached hydrogen (secondary N) is 1. The van der Waals surface area contributed by atoms with Gasteiger partial charge in [0.15, 0.2) is 0 Å². The minimum Gasteiger partial charge on any atom is -0.487 e. The fourth-order valence-electron chi connectivity index (χ4n) is 2.90. The summed E-state index contributed by atoms with van der Waals surface area (Å²) >= 11 is 0. The third kappa shape index (κ3) is 2.76. The van der Waals surface area contributed by atoms with Crippen LogP contribution in [0.1, 0.15) is 15.9 Å². The molecule has 0 fully saturated rings. The van der Waals surface area contributed by atoms with E-state index in [0.717, 1.165) is 28.9 Å². The number of fused-ring (bicyclic) bond motifs is 1. The van der Waals surface area contributed by atoms with Gasteiger partial charge in [0.25, 0.3) is 5.91 Å². The number of aromatic nitrogens is 1. The van der Waals surface area contributed by atoms with Crippen LogP contribution < -0.4 is 10.1 Å².